The first-order valence-corrected chi connectivity index (χ1v) is 16.8. The number of likely N-dealkylation sites (tertiary alicyclic amines) is 1. The molecule has 0 aromatic heterocycles. The maximum absolute atomic E-state index is 14.4. The van der Waals surface area contributed by atoms with Gasteiger partial charge in [-0.2, -0.15) is 0 Å². The van der Waals surface area contributed by atoms with Crippen LogP contribution in [0.15, 0.2) is 91.0 Å². The highest BCUT2D eigenvalue weighted by molar-refractivity contribution is 5.89. The predicted molar refractivity (Wildman–Crippen MR) is 185 cm³/mol. The van der Waals surface area contributed by atoms with Crippen LogP contribution < -0.4 is 0 Å². The minimum Gasteiger partial charge on any atom is -0.460 e. The van der Waals surface area contributed by atoms with E-state index in [1.165, 1.54) is 11.8 Å². The van der Waals surface area contributed by atoms with Crippen molar-refractivity contribution in [1.29, 1.82) is 0 Å². The molecule has 1 aliphatic rings. The van der Waals surface area contributed by atoms with E-state index in [1.807, 2.05) is 60.7 Å². The van der Waals surface area contributed by atoms with E-state index in [9.17, 15) is 24.3 Å². The molecule has 274 valence electrons. The van der Waals surface area contributed by atoms with Gasteiger partial charge in [0, 0.05) is 13.8 Å². The maximum Gasteiger partial charge on any atom is 0.411 e. The molecule has 1 aliphatic heterocycles. The maximum atomic E-state index is 14.4. The summed E-state index contributed by atoms with van der Waals surface area (Å²) in [6, 6.07) is 24.6. The van der Waals surface area contributed by atoms with Crippen LogP contribution in [0, 0.1) is 0 Å². The molecule has 3 aromatic rings. The highest BCUT2D eigenvalue weighted by Gasteiger charge is 2.60. The summed E-state index contributed by atoms with van der Waals surface area (Å²) in [6.45, 7) is 8.47. The molecule has 3 aromatic carbocycles. The highest BCUT2D eigenvalue weighted by atomic mass is 16.6. The predicted octanol–water partition coefficient (Wildman–Crippen LogP) is 5.25. The van der Waals surface area contributed by atoms with Crippen molar-refractivity contribution in [3.05, 3.63) is 108 Å². The van der Waals surface area contributed by atoms with Crippen LogP contribution in [0.4, 0.5) is 4.79 Å². The number of amides is 1. The Bertz CT molecular complexity index is 1580. The summed E-state index contributed by atoms with van der Waals surface area (Å²) < 4.78 is 36.3. The van der Waals surface area contributed by atoms with Crippen LogP contribution in [0.2, 0.25) is 0 Å². The second kappa shape index (κ2) is 17.9. The number of carbonyl (C=O) groups is 4. The van der Waals surface area contributed by atoms with Crippen LogP contribution >= 0.6 is 0 Å². The van der Waals surface area contributed by atoms with Gasteiger partial charge in [0.05, 0.1) is 30.9 Å². The summed E-state index contributed by atoms with van der Waals surface area (Å²) in [5.41, 5.74) is 0.894. The lowest BCUT2D eigenvalue weighted by atomic mass is 9.95. The number of carbonyl (C=O) groups excluding carboxylic acids is 4. The third kappa shape index (κ3) is 11.1. The van der Waals surface area contributed by atoms with E-state index >= 15 is 0 Å². The zero-order valence-corrected chi connectivity index (χ0v) is 29.8. The first-order chi connectivity index (χ1) is 24.2. The van der Waals surface area contributed by atoms with Crippen molar-refractivity contribution < 1.29 is 52.7 Å². The normalized spacial score (nSPS) is 20.5. The number of aliphatic hydroxyl groups is 1. The molecular weight excluding hydrogens is 658 g/mol. The fourth-order valence-corrected chi connectivity index (χ4v) is 5.95. The van der Waals surface area contributed by atoms with Gasteiger partial charge in [0.25, 0.3) is 0 Å². The average molecular weight is 706 g/mol. The summed E-state index contributed by atoms with van der Waals surface area (Å²) in [6.07, 6.45) is -7.31. The molecule has 51 heavy (non-hydrogen) atoms. The Kier molecular flexibility index (Phi) is 13.7. The summed E-state index contributed by atoms with van der Waals surface area (Å²) >= 11 is 0. The first-order valence-electron chi connectivity index (χ1n) is 16.8. The van der Waals surface area contributed by atoms with Crippen LogP contribution in [-0.2, 0) is 51.2 Å². The molecule has 0 unspecified atom stereocenters. The topological polar surface area (TPSA) is 147 Å². The Morgan fingerprint density at radius 1 is 0.745 bits per heavy atom. The van der Waals surface area contributed by atoms with Gasteiger partial charge < -0.3 is 33.5 Å². The van der Waals surface area contributed by atoms with Crippen molar-refractivity contribution in [2.45, 2.75) is 103 Å². The lowest BCUT2D eigenvalue weighted by Gasteiger charge is -2.39. The zero-order chi connectivity index (χ0) is 37.1. The Morgan fingerprint density at radius 3 is 1.71 bits per heavy atom. The number of aliphatic hydroxyl groups excluding tert-OH is 1. The Labute approximate surface area is 298 Å². The van der Waals surface area contributed by atoms with Crippen LogP contribution in [0.3, 0.4) is 0 Å². The minimum atomic E-state index is -1.49. The molecule has 0 spiro atoms. The smallest absolute Gasteiger partial charge is 0.411 e. The first kappa shape index (κ1) is 39.0. The molecule has 7 atom stereocenters. The van der Waals surface area contributed by atoms with Crippen molar-refractivity contribution in [3.63, 3.8) is 0 Å². The van der Waals surface area contributed by atoms with Crippen LogP contribution in [0.5, 0.6) is 0 Å². The van der Waals surface area contributed by atoms with Crippen molar-refractivity contribution in [3.8, 4) is 0 Å². The average Bonchev–Trinajstić information content (AvgIpc) is 3.39. The summed E-state index contributed by atoms with van der Waals surface area (Å²) in [4.78, 5) is 54.0. The number of rotatable bonds is 14. The molecular formula is C39H47NO11. The van der Waals surface area contributed by atoms with Crippen LogP contribution in [-0.4, -0.2) is 88.8 Å². The van der Waals surface area contributed by atoms with E-state index in [0.29, 0.717) is 0 Å². The van der Waals surface area contributed by atoms with E-state index < -0.39 is 72.2 Å². The lowest BCUT2D eigenvalue weighted by molar-refractivity contribution is -0.185. The Hall–Kier alpha value is -4.78. The van der Waals surface area contributed by atoms with Gasteiger partial charge in [-0.15, -0.1) is 0 Å². The SMILES string of the molecule is CC(=O)O[C@@H]([C@H](OC(C)=O)[C@H](C)O)[C@H]1[C@H](OCc2ccccc2)[C@H](OCc2ccccc2)[C@@H](COC(=O)c2ccccc2)N1C(=O)OC(C)(C)C. The lowest BCUT2D eigenvalue weighted by Crippen LogP contribution is -2.59. The molecule has 4 rings (SSSR count). The number of esters is 3. The van der Waals surface area contributed by atoms with Gasteiger partial charge in [0.2, 0.25) is 0 Å². The molecule has 1 amide bonds. The van der Waals surface area contributed by atoms with Crippen molar-refractivity contribution >= 4 is 24.0 Å². The van der Waals surface area contributed by atoms with Gasteiger partial charge >= 0.3 is 24.0 Å². The van der Waals surface area contributed by atoms with E-state index in [4.69, 9.17) is 28.4 Å². The van der Waals surface area contributed by atoms with E-state index in [1.54, 1.807) is 51.1 Å². The molecule has 1 saturated heterocycles. The highest BCUT2D eigenvalue weighted by Crippen LogP contribution is 2.38. The van der Waals surface area contributed by atoms with Crippen LogP contribution in [0.25, 0.3) is 0 Å². The van der Waals surface area contributed by atoms with Gasteiger partial charge in [-0.3, -0.25) is 14.5 Å². The third-order valence-corrected chi connectivity index (χ3v) is 8.03. The summed E-state index contributed by atoms with van der Waals surface area (Å²) in [5, 5.41) is 11.0. The number of benzene rings is 3. The zero-order valence-electron chi connectivity index (χ0n) is 29.8. The standard InChI is InChI=1S/C39H47NO11/c1-25(41)33(49-26(2)42)36(50-27(3)43)32-35(47-23-29-18-12-8-13-19-29)34(46-22-28-16-10-7-11-17-28)31(40(32)38(45)51-39(4,5)6)24-48-37(44)30-20-14-9-15-21-30/h7-21,25,31-36,41H,22-24H2,1-6H3/t25-,31+,32+,33+,34+,35-,36+/m0/s1. The van der Waals surface area contributed by atoms with Crippen LogP contribution in [0.1, 0.15) is 63.0 Å². The minimum absolute atomic E-state index is 0.0333. The number of hydrogen-bond acceptors (Lipinski definition) is 11. The summed E-state index contributed by atoms with van der Waals surface area (Å²) in [5.74, 6) is -2.18. The molecule has 0 aliphatic carbocycles. The van der Waals surface area contributed by atoms with E-state index in [-0.39, 0.29) is 25.4 Å². The molecule has 0 saturated carbocycles. The molecule has 1 heterocycles. The Morgan fingerprint density at radius 2 is 1.24 bits per heavy atom. The molecule has 1 fully saturated rings. The number of hydrogen-bond donors (Lipinski definition) is 1. The second-order valence-corrected chi connectivity index (χ2v) is 13.3. The monoisotopic (exact) mass is 705 g/mol. The fraction of sp³-hybridized carbons (Fsp3) is 0.436. The van der Waals surface area contributed by atoms with E-state index in [0.717, 1.165) is 25.0 Å². The third-order valence-electron chi connectivity index (χ3n) is 8.03. The van der Waals surface area contributed by atoms with Crippen molar-refractivity contribution in [2.24, 2.45) is 0 Å². The van der Waals surface area contributed by atoms with E-state index in [2.05, 4.69) is 0 Å². The fourth-order valence-electron chi connectivity index (χ4n) is 5.95. The molecule has 12 heteroatoms. The molecule has 1 N–H and O–H groups in total. The summed E-state index contributed by atoms with van der Waals surface area (Å²) in [7, 11) is 0. The molecule has 0 radical (unpaired) electrons. The molecule has 12 nitrogen and oxygen atoms in total. The largest absolute Gasteiger partial charge is 0.460 e. The van der Waals surface area contributed by atoms with Gasteiger partial charge in [0.1, 0.15) is 30.5 Å². The van der Waals surface area contributed by atoms with Gasteiger partial charge in [-0.05, 0) is 51.0 Å². The number of ether oxygens (including phenoxy) is 6. The van der Waals surface area contributed by atoms with Crippen molar-refractivity contribution in [2.75, 3.05) is 6.61 Å². The molecule has 0 bridgehead atoms. The van der Waals surface area contributed by atoms with Gasteiger partial charge in [-0.25, -0.2) is 9.59 Å². The Balaban J connectivity index is 1.89. The van der Waals surface area contributed by atoms with Gasteiger partial charge in [0.15, 0.2) is 12.2 Å². The number of nitrogens with zero attached hydrogens (tertiary/aromatic N) is 1. The second-order valence-electron chi connectivity index (χ2n) is 13.3. The van der Waals surface area contributed by atoms with Gasteiger partial charge in [-0.1, -0.05) is 78.9 Å². The quantitative estimate of drug-likeness (QED) is 0.173. The van der Waals surface area contributed by atoms with Crippen molar-refractivity contribution in [1.82, 2.24) is 4.90 Å².